The second-order valence-corrected chi connectivity index (χ2v) is 8.79. The van der Waals surface area contributed by atoms with Crippen LogP contribution in [-0.2, 0) is 11.3 Å². The zero-order valence-corrected chi connectivity index (χ0v) is 18.8. The van der Waals surface area contributed by atoms with Gasteiger partial charge in [0, 0.05) is 18.1 Å². The van der Waals surface area contributed by atoms with Gasteiger partial charge in [0.05, 0.1) is 23.3 Å². The molecule has 6 nitrogen and oxygen atoms in total. The molecule has 1 aliphatic rings. The molecule has 5 rings (SSSR count). The van der Waals surface area contributed by atoms with Gasteiger partial charge in [-0.1, -0.05) is 66.7 Å². The van der Waals surface area contributed by atoms with Gasteiger partial charge in [-0.2, -0.15) is 0 Å². The molecule has 1 unspecified atom stereocenters. The maximum Gasteiger partial charge on any atom is 0.294 e. The van der Waals surface area contributed by atoms with Gasteiger partial charge in [0.25, 0.3) is 5.69 Å². The molecule has 0 bridgehead atoms. The van der Waals surface area contributed by atoms with Crippen molar-refractivity contribution in [3.05, 3.63) is 99.2 Å². The number of nitrogens with zero attached hydrogens (tertiary/aromatic N) is 3. The zero-order chi connectivity index (χ0) is 22.6. The number of hydrogen-bond donors (Lipinski definition) is 0. The molecule has 166 valence electrons. The largest absolute Gasteiger partial charge is 0.376 e. The van der Waals surface area contributed by atoms with Crippen LogP contribution in [0.4, 0.5) is 11.4 Å². The Morgan fingerprint density at radius 2 is 1.67 bits per heavy atom. The summed E-state index contributed by atoms with van der Waals surface area (Å²) in [4.78, 5) is 16.5. The maximum atomic E-state index is 11.5. The summed E-state index contributed by atoms with van der Waals surface area (Å²) >= 11 is 1.49. The Morgan fingerprint density at radius 3 is 2.39 bits per heavy atom. The molecule has 1 aromatic heterocycles. The molecule has 0 spiro atoms. The minimum atomic E-state index is -0.389. The van der Waals surface area contributed by atoms with Crippen LogP contribution in [0, 0.1) is 10.1 Å². The first-order valence-corrected chi connectivity index (χ1v) is 11.8. The highest BCUT2D eigenvalue weighted by atomic mass is 32.1. The molecular weight excluding hydrogens is 434 g/mol. The van der Waals surface area contributed by atoms with Crippen LogP contribution in [0.1, 0.15) is 12.8 Å². The lowest BCUT2D eigenvalue weighted by Crippen LogP contribution is -2.24. The quantitative estimate of drug-likeness (QED) is 0.256. The number of hydrogen-bond acceptors (Lipinski definition) is 5. The van der Waals surface area contributed by atoms with Crippen LogP contribution in [0.15, 0.2) is 89.2 Å². The van der Waals surface area contributed by atoms with Crippen molar-refractivity contribution in [2.75, 3.05) is 6.61 Å². The second-order valence-electron chi connectivity index (χ2n) is 7.95. The molecule has 3 aromatic carbocycles. The monoisotopic (exact) mass is 457 g/mol. The third-order valence-corrected chi connectivity index (χ3v) is 6.65. The van der Waals surface area contributed by atoms with E-state index < -0.39 is 0 Å². The number of nitro benzene ring substituents is 1. The van der Waals surface area contributed by atoms with Gasteiger partial charge in [0.1, 0.15) is 5.69 Å². The zero-order valence-electron chi connectivity index (χ0n) is 18.0. The van der Waals surface area contributed by atoms with E-state index >= 15 is 0 Å². The summed E-state index contributed by atoms with van der Waals surface area (Å²) in [6.07, 6.45) is 2.17. The molecule has 4 aromatic rings. The van der Waals surface area contributed by atoms with E-state index in [4.69, 9.17) is 9.73 Å². The lowest BCUT2D eigenvalue weighted by Gasteiger charge is -2.14. The molecule has 0 amide bonds. The Balaban J connectivity index is 1.57. The van der Waals surface area contributed by atoms with Crippen LogP contribution >= 0.6 is 11.3 Å². The molecular formula is C26H23N3O3S. The summed E-state index contributed by atoms with van der Waals surface area (Å²) in [6.45, 7) is 1.44. The molecule has 1 atom stereocenters. The van der Waals surface area contributed by atoms with Crippen LogP contribution in [0.5, 0.6) is 0 Å². The fraction of sp³-hybridized carbons (Fsp3) is 0.192. The van der Waals surface area contributed by atoms with Crippen molar-refractivity contribution in [2.45, 2.75) is 25.5 Å². The Bertz CT molecular complexity index is 1320. The average Bonchev–Trinajstić information content (AvgIpc) is 3.51. The topological polar surface area (TPSA) is 69.7 Å². The molecule has 0 N–H and O–H groups in total. The fourth-order valence-corrected chi connectivity index (χ4v) is 5.03. The summed E-state index contributed by atoms with van der Waals surface area (Å²) < 4.78 is 8.03. The van der Waals surface area contributed by atoms with Gasteiger partial charge in [0.15, 0.2) is 4.80 Å². The predicted octanol–water partition coefficient (Wildman–Crippen LogP) is 6.20. The van der Waals surface area contributed by atoms with Crippen molar-refractivity contribution < 1.29 is 9.66 Å². The van der Waals surface area contributed by atoms with Gasteiger partial charge in [-0.3, -0.25) is 10.1 Å². The number of thiazole rings is 1. The molecule has 7 heteroatoms. The first-order chi connectivity index (χ1) is 16.2. The van der Waals surface area contributed by atoms with E-state index in [1.54, 1.807) is 18.2 Å². The summed E-state index contributed by atoms with van der Waals surface area (Å²) in [6, 6.07) is 25.4. The van der Waals surface area contributed by atoms with Gasteiger partial charge in [-0.25, -0.2) is 4.99 Å². The lowest BCUT2D eigenvalue weighted by atomic mass is 10.0. The van der Waals surface area contributed by atoms with E-state index in [1.165, 1.54) is 23.0 Å². The highest BCUT2D eigenvalue weighted by Gasteiger charge is 2.20. The van der Waals surface area contributed by atoms with Crippen molar-refractivity contribution in [2.24, 2.45) is 4.99 Å². The Labute approximate surface area is 195 Å². The number of nitro groups is 1. The van der Waals surface area contributed by atoms with Crippen molar-refractivity contribution in [1.82, 2.24) is 4.57 Å². The SMILES string of the molecule is O=[N+]([O-])c1ccccc1N=c1scc(-c2ccc(-c3ccccc3)cc2)n1CC1CCCO1. The summed E-state index contributed by atoms with van der Waals surface area (Å²) in [7, 11) is 0. The third-order valence-electron chi connectivity index (χ3n) is 5.79. The highest BCUT2D eigenvalue weighted by molar-refractivity contribution is 7.07. The lowest BCUT2D eigenvalue weighted by molar-refractivity contribution is -0.384. The van der Waals surface area contributed by atoms with Crippen molar-refractivity contribution >= 4 is 22.7 Å². The van der Waals surface area contributed by atoms with E-state index in [1.807, 2.05) is 18.2 Å². The number of ether oxygens (including phenoxy) is 1. The third kappa shape index (κ3) is 4.65. The second kappa shape index (κ2) is 9.52. The Kier molecular flexibility index (Phi) is 6.15. The molecule has 1 aliphatic heterocycles. The van der Waals surface area contributed by atoms with Crippen molar-refractivity contribution in [3.63, 3.8) is 0 Å². The van der Waals surface area contributed by atoms with Crippen molar-refractivity contribution in [3.8, 4) is 22.4 Å². The van der Waals surface area contributed by atoms with E-state index in [2.05, 4.69) is 46.3 Å². The van der Waals surface area contributed by atoms with E-state index in [0.717, 1.165) is 41.1 Å². The van der Waals surface area contributed by atoms with Crippen molar-refractivity contribution in [1.29, 1.82) is 0 Å². The van der Waals surface area contributed by atoms with E-state index in [9.17, 15) is 10.1 Å². The first-order valence-electron chi connectivity index (χ1n) is 10.9. The fourth-order valence-electron chi connectivity index (χ4n) is 4.10. The summed E-state index contributed by atoms with van der Waals surface area (Å²) in [5.74, 6) is 0. The van der Waals surface area contributed by atoms with Gasteiger partial charge >= 0.3 is 0 Å². The number of para-hydroxylation sites is 2. The molecule has 2 heterocycles. The number of benzene rings is 3. The van der Waals surface area contributed by atoms with E-state index in [0.29, 0.717) is 12.2 Å². The van der Waals surface area contributed by atoms with Gasteiger partial charge in [0.2, 0.25) is 0 Å². The molecule has 0 saturated carbocycles. The van der Waals surface area contributed by atoms with Crippen LogP contribution in [0.3, 0.4) is 0 Å². The normalized spacial score (nSPS) is 16.2. The summed E-state index contributed by atoms with van der Waals surface area (Å²) in [5.41, 5.74) is 4.80. The summed E-state index contributed by atoms with van der Waals surface area (Å²) in [5, 5.41) is 13.5. The minimum Gasteiger partial charge on any atom is -0.376 e. The van der Waals surface area contributed by atoms with Crippen LogP contribution in [-0.4, -0.2) is 22.2 Å². The predicted molar refractivity (Wildman–Crippen MR) is 130 cm³/mol. The maximum absolute atomic E-state index is 11.5. The highest BCUT2D eigenvalue weighted by Crippen LogP contribution is 2.29. The number of aromatic nitrogens is 1. The Hall–Kier alpha value is -3.55. The number of rotatable bonds is 6. The molecule has 0 aliphatic carbocycles. The Morgan fingerprint density at radius 1 is 0.970 bits per heavy atom. The first kappa shape index (κ1) is 21.3. The molecule has 33 heavy (non-hydrogen) atoms. The van der Waals surface area contributed by atoms with Crippen LogP contribution < -0.4 is 4.80 Å². The average molecular weight is 458 g/mol. The van der Waals surface area contributed by atoms with E-state index in [-0.39, 0.29) is 16.7 Å². The molecule has 1 fully saturated rings. The molecule has 0 radical (unpaired) electrons. The van der Waals surface area contributed by atoms with Gasteiger partial charge in [-0.05, 0) is 35.6 Å². The van der Waals surface area contributed by atoms with Crippen LogP contribution in [0.2, 0.25) is 0 Å². The van der Waals surface area contributed by atoms with Crippen LogP contribution in [0.25, 0.3) is 22.4 Å². The standard InChI is InChI=1S/C26H23N3O3S/c30-29(31)24-11-5-4-10-23(24)27-26-28(17-22-9-6-16-32-22)25(18-33-26)21-14-12-20(13-15-21)19-7-2-1-3-8-19/h1-5,7-8,10-15,18,22H,6,9,16-17H2. The minimum absolute atomic E-state index is 0.00308. The molecule has 1 saturated heterocycles. The smallest absolute Gasteiger partial charge is 0.294 e. The van der Waals surface area contributed by atoms with Gasteiger partial charge in [-0.15, -0.1) is 11.3 Å². The van der Waals surface area contributed by atoms with Gasteiger partial charge < -0.3 is 9.30 Å².